The zero-order chi connectivity index (χ0) is 12.5. The Morgan fingerprint density at radius 2 is 2.35 bits per heavy atom. The minimum Gasteiger partial charge on any atom is -0.450 e. The maximum Gasteiger partial charge on any atom is 0.404 e. The van der Waals surface area contributed by atoms with Crippen molar-refractivity contribution in [1.82, 2.24) is 10.3 Å². The van der Waals surface area contributed by atoms with Crippen LogP contribution in [0.25, 0.3) is 0 Å². The molecule has 0 aliphatic rings. The summed E-state index contributed by atoms with van der Waals surface area (Å²) in [5.74, 6) is 0. The number of amides is 1. The van der Waals surface area contributed by atoms with E-state index in [1.165, 1.54) is 0 Å². The number of nitrogens with one attached hydrogen (secondary N) is 1. The van der Waals surface area contributed by atoms with Crippen molar-refractivity contribution in [2.75, 3.05) is 13.2 Å². The van der Waals surface area contributed by atoms with E-state index in [-0.39, 0.29) is 0 Å². The number of carbonyl (C=O) groups is 1. The Kier molecular flexibility index (Phi) is 6.35. The fourth-order valence-electron chi connectivity index (χ4n) is 1.29. The molecule has 0 radical (unpaired) electrons. The molecule has 94 valence electrons. The predicted octanol–water partition coefficient (Wildman–Crippen LogP) is 1.70. The molecule has 1 rings (SSSR count). The molecule has 0 atom stereocenters. The summed E-state index contributed by atoms with van der Waals surface area (Å²) in [6.07, 6.45) is 2.66. The number of rotatable bonds is 7. The maximum atomic E-state index is 10.3. The van der Waals surface area contributed by atoms with Crippen LogP contribution in [0, 0.1) is 0 Å². The first kappa shape index (κ1) is 13.7. The van der Waals surface area contributed by atoms with Gasteiger partial charge in [-0.25, -0.2) is 4.79 Å². The molecule has 1 aromatic heterocycles. The quantitative estimate of drug-likeness (QED) is 0.729. The standard InChI is InChI=1S/C11H16ClN3O2/c12-9-3-5-15-10(7-9)8-14-4-1-2-6-17-11(13)16/h3,5,7,14H,1-2,4,6,8H2,(H2,13,16). The van der Waals surface area contributed by atoms with E-state index in [1.54, 1.807) is 12.3 Å². The maximum absolute atomic E-state index is 10.3. The van der Waals surface area contributed by atoms with Crippen molar-refractivity contribution in [2.45, 2.75) is 19.4 Å². The van der Waals surface area contributed by atoms with Crippen LogP contribution < -0.4 is 11.1 Å². The second-order valence-electron chi connectivity index (χ2n) is 3.52. The minimum atomic E-state index is -0.721. The molecular weight excluding hydrogens is 242 g/mol. The normalized spacial score (nSPS) is 10.2. The number of pyridine rings is 1. The van der Waals surface area contributed by atoms with Gasteiger partial charge in [0.15, 0.2) is 0 Å². The summed E-state index contributed by atoms with van der Waals surface area (Å²) in [6.45, 7) is 1.87. The van der Waals surface area contributed by atoms with Crippen LogP contribution in [0.2, 0.25) is 5.02 Å². The Labute approximate surface area is 105 Å². The number of aromatic nitrogens is 1. The molecule has 0 saturated heterocycles. The third-order valence-corrected chi connectivity index (χ3v) is 2.31. The van der Waals surface area contributed by atoms with Gasteiger partial charge in [-0.1, -0.05) is 11.6 Å². The minimum absolute atomic E-state index is 0.367. The summed E-state index contributed by atoms with van der Waals surface area (Å²) in [7, 11) is 0. The molecule has 0 unspecified atom stereocenters. The van der Waals surface area contributed by atoms with Gasteiger partial charge < -0.3 is 15.8 Å². The van der Waals surface area contributed by atoms with Crippen LogP contribution in [-0.4, -0.2) is 24.2 Å². The monoisotopic (exact) mass is 257 g/mol. The lowest BCUT2D eigenvalue weighted by atomic mass is 10.3. The summed E-state index contributed by atoms with van der Waals surface area (Å²) in [5, 5.41) is 3.91. The largest absolute Gasteiger partial charge is 0.450 e. The molecule has 1 aromatic rings. The van der Waals surface area contributed by atoms with Crippen molar-refractivity contribution in [2.24, 2.45) is 5.73 Å². The molecule has 5 nitrogen and oxygen atoms in total. The molecule has 3 N–H and O–H groups in total. The number of nitrogens with two attached hydrogens (primary N) is 1. The number of nitrogens with zero attached hydrogens (tertiary/aromatic N) is 1. The highest BCUT2D eigenvalue weighted by atomic mass is 35.5. The highest BCUT2D eigenvalue weighted by Gasteiger charge is 1.96. The Balaban J connectivity index is 2.03. The molecular formula is C11H16ClN3O2. The second-order valence-corrected chi connectivity index (χ2v) is 3.95. The van der Waals surface area contributed by atoms with E-state index < -0.39 is 6.09 Å². The van der Waals surface area contributed by atoms with Crippen LogP contribution in [0.5, 0.6) is 0 Å². The highest BCUT2D eigenvalue weighted by Crippen LogP contribution is 2.07. The van der Waals surface area contributed by atoms with Crippen LogP contribution >= 0.6 is 11.6 Å². The van der Waals surface area contributed by atoms with Crippen molar-refractivity contribution < 1.29 is 9.53 Å². The Hall–Kier alpha value is -1.33. The molecule has 0 aliphatic heterocycles. The van der Waals surface area contributed by atoms with E-state index in [2.05, 4.69) is 15.0 Å². The number of hydrogen-bond acceptors (Lipinski definition) is 4. The molecule has 0 aromatic carbocycles. The van der Waals surface area contributed by atoms with Crippen molar-refractivity contribution >= 4 is 17.7 Å². The fourth-order valence-corrected chi connectivity index (χ4v) is 1.47. The molecule has 0 fully saturated rings. The molecule has 17 heavy (non-hydrogen) atoms. The first-order valence-corrected chi connectivity index (χ1v) is 5.79. The Bertz CT molecular complexity index is 360. The molecule has 6 heteroatoms. The van der Waals surface area contributed by atoms with E-state index in [4.69, 9.17) is 17.3 Å². The van der Waals surface area contributed by atoms with Gasteiger partial charge in [0, 0.05) is 17.8 Å². The lowest BCUT2D eigenvalue weighted by molar-refractivity contribution is 0.154. The third-order valence-electron chi connectivity index (χ3n) is 2.08. The zero-order valence-electron chi connectivity index (χ0n) is 9.49. The van der Waals surface area contributed by atoms with Crippen molar-refractivity contribution in [3.05, 3.63) is 29.0 Å². The second kappa shape index (κ2) is 7.86. The van der Waals surface area contributed by atoms with Crippen molar-refractivity contribution in [3.8, 4) is 0 Å². The van der Waals surface area contributed by atoms with Gasteiger partial charge in [-0.15, -0.1) is 0 Å². The number of ether oxygens (including phenoxy) is 1. The van der Waals surface area contributed by atoms with Crippen LogP contribution in [0.3, 0.4) is 0 Å². The van der Waals surface area contributed by atoms with Gasteiger partial charge in [0.1, 0.15) is 0 Å². The summed E-state index contributed by atoms with van der Waals surface area (Å²) >= 11 is 5.83. The number of carbonyl (C=O) groups excluding carboxylic acids is 1. The van der Waals surface area contributed by atoms with Crippen molar-refractivity contribution in [1.29, 1.82) is 0 Å². The molecule has 0 spiro atoms. The van der Waals surface area contributed by atoms with E-state index in [0.717, 1.165) is 25.1 Å². The van der Waals surface area contributed by atoms with E-state index >= 15 is 0 Å². The van der Waals surface area contributed by atoms with Gasteiger partial charge >= 0.3 is 6.09 Å². The number of primary amides is 1. The lowest BCUT2D eigenvalue weighted by Gasteiger charge is -2.04. The first-order valence-electron chi connectivity index (χ1n) is 5.42. The van der Waals surface area contributed by atoms with Gasteiger partial charge in [0.05, 0.1) is 12.3 Å². The Morgan fingerprint density at radius 1 is 1.53 bits per heavy atom. The van der Waals surface area contributed by atoms with Gasteiger partial charge in [-0.2, -0.15) is 0 Å². The van der Waals surface area contributed by atoms with E-state index in [1.807, 2.05) is 6.07 Å². The van der Waals surface area contributed by atoms with E-state index in [0.29, 0.717) is 18.2 Å². The SMILES string of the molecule is NC(=O)OCCCCNCc1cc(Cl)ccn1. The topological polar surface area (TPSA) is 77.2 Å². The van der Waals surface area contributed by atoms with Crippen molar-refractivity contribution in [3.63, 3.8) is 0 Å². The first-order chi connectivity index (χ1) is 8.18. The lowest BCUT2D eigenvalue weighted by Crippen LogP contribution is -2.17. The molecule has 1 amide bonds. The Morgan fingerprint density at radius 3 is 3.06 bits per heavy atom. The summed E-state index contributed by atoms with van der Waals surface area (Å²) in [5.41, 5.74) is 5.73. The molecule has 0 saturated carbocycles. The summed E-state index contributed by atoms with van der Waals surface area (Å²) in [4.78, 5) is 14.4. The van der Waals surface area contributed by atoms with Crippen LogP contribution in [-0.2, 0) is 11.3 Å². The number of hydrogen-bond donors (Lipinski definition) is 2. The highest BCUT2D eigenvalue weighted by molar-refractivity contribution is 6.30. The smallest absolute Gasteiger partial charge is 0.404 e. The van der Waals surface area contributed by atoms with Crippen LogP contribution in [0.4, 0.5) is 4.79 Å². The van der Waals surface area contributed by atoms with Gasteiger partial charge in [-0.3, -0.25) is 4.98 Å². The van der Waals surface area contributed by atoms with Gasteiger partial charge in [0.25, 0.3) is 0 Å². The number of unbranched alkanes of at least 4 members (excludes halogenated alkanes) is 1. The predicted molar refractivity (Wildman–Crippen MR) is 65.7 cm³/mol. The van der Waals surface area contributed by atoms with Gasteiger partial charge in [-0.05, 0) is 31.5 Å². The number of halogens is 1. The summed E-state index contributed by atoms with van der Waals surface area (Å²) < 4.78 is 4.60. The van der Waals surface area contributed by atoms with Crippen LogP contribution in [0.15, 0.2) is 18.3 Å². The van der Waals surface area contributed by atoms with E-state index in [9.17, 15) is 4.79 Å². The molecule has 1 heterocycles. The third kappa shape index (κ3) is 6.76. The average Bonchev–Trinajstić information content (AvgIpc) is 2.27. The molecule has 0 bridgehead atoms. The fraction of sp³-hybridized carbons (Fsp3) is 0.455. The van der Waals surface area contributed by atoms with Gasteiger partial charge in [0.2, 0.25) is 0 Å². The zero-order valence-corrected chi connectivity index (χ0v) is 10.2. The molecule has 0 aliphatic carbocycles. The average molecular weight is 258 g/mol. The summed E-state index contributed by atoms with van der Waals surface area (Å²) in [6, 6.07) is 3.57. The van der Waals surface area contributed by atoms with Crippen LogP contribution in [0.1, 0.15) is 18.5 Å².